The van der Waals surface area contributed by atoms with Crippen molar-refractivity contribution in [1.82, 2.24) is 15.0 Å². The number of carbonyl (C=O) groups excluding carboxylic acids is 1. The largest absolute Gasteiger partial charge is 0.490 e. The maximum atomic E-state index is 12.9. The Balaban J connectivity index is 0.000000383. The molecule has 0 bridgehead atoms. The fraction of sp³-hybridized carbons (Fsp3) is 0.524. The number of amides is 1. The highest BCUT2D eigenvalue weighted by Gasteiger charge is 2.48. The summed E-state index contributed by atoms with van der Waals surface area (Å²) in [7, 11) is 0. The van der Waals surface area contributed by atoms with Crippen LogP contribution in [0.25, 0.3) is 0 Å². The summed E-state index contributed by atoms with van der Waals surface area (Å²) in [6.45, 7) is 4.29. The normalized spacial score (nSPS) is 22.5. The first-order valence-electron chi connectivity index (χ1n) is 10.3. The third-order valence-corrected chi connectivity index (χ3v) is 5.64. The third-order valence-electron chi connectivity index (χ3n) is 5.64. The van der Waals surface area contributed by atoms with E-state index in [4.69, 9.17) is 23.9 Å². The molecular formula is C21H24F3N3O6. The zero-order chi connectivity index (χ0) is 24.1. The molecule has 2 fully saturated rings. The second-order valence-electron chi connectivity index (χ2n) is 7.90. The predicted octanol–water partition coefficient (Wildman–Crippen LogP) is 3.10. The van der Waals surface area contributed by atoms with E-state index in [1.807, 2.05) is 23.1 Å². The number of piperidine rings is 1. The second kappa shape index (κ2) is 10.2. The summed E-state index contributed by atoms with van der Waals surface area (Å²) in [5.74, 6) is -1.64. The van der Waals surface area contributed by atoms with Gasteiger partial charge in [0.05, 0.1) is 18.9 Å². The fourth-order valence-corrected chi connectivity index (χ4v) is 4.00. The average Bonchev–Trinajstić information content (AvgIpc) is 3.23. The minimum absolute atomic E-state index is 0.0371. The van der Waals surface area contributed by atoms with Gasteiger partial charge >= 0.3 is 12.1 Å². The molecule has 9 nitrogen and oxygen atoms in total. The zero-order valence-corrected chi connectivity index (χ0v) is 17.9. The number of likely N-dealkylation sites (tertiary alicyclic amines) is 1. The first-order valence-corrected chi connectivity index (χ1v) is 10.3. The number of hydrogen-bond donors (Lipinski definition) is 1. The van der Waals surface area contributed by atoms with Crippen molar-refractivity contribution in [3.63, 3.8) is 0 Å². The molecule has 2 aliphatic heterocycles. The lowest BCUT2D eigenvalue weighted by molar-refractivity contribution is -0.192. The molecule has 1 N–H and O–H groups in total. The molecular weight excluding hydrogens is 447 g/mol. The quantitative estimate of drug-likeness (QED) is 0.724. The van der Waals surface area contributed by atoms with Crippen LogP contribution >= 0.6 is 0 Å². The number of hydrogen-bond acceptors (Lipinski definition) is 7. The van der Waals surface area contributed by atoms with Crippen LogP contribution in [0.4, 0.5) is 13.2 Å². The van der Waals surface area contributed by atoms with Crippen molar-refractivity contribution in [1.29, 1.82) is 0 Å². The Morgan fingerprint density at radius 3 is 2.73 bits per heavy atom. The Kier molecular flexibility index (Phi) is 7.57. The summed E-state index contributed by atoms with van der Waals surface area (Å²) in [4.78, 5) is 27.9. The lowest BCUT2D eigenvalue weighted by Crippen LogP contribution is -2.58. The third kappa shape index (κ3) is 6.01. The first-order chi connectivity index (χ1) is 15.6. The Bertz CT molecular complexity index is 952. The van der Waals surface area contributed by atoms with Gasteiger partial charge in [0.2, 0.25) is 5.88 Å². The number of carbonyl (C=O) groups is 2. The molecule has 0 aliphatic carbocycles. The monoisotopic (exact) mass is 471 g/mol. The van der Waals surface area contributed by atoms with Gasteiger partial charge in [0, 0.05) is 37.4 Å². The van der Waals surface area contributed by atoms with E-state index in [1.54, 1.807) is 13.1 Å². The van der Waals surface area contributed by atoms with Gasteiger partial charge in [-0.05, 0) is 32.3 Å². The summed E-state index contributed by atoms with van der Waals surface area (Å²) in [5.41, 5.74) is 0.315. The molecule has 1 amide bonds. The summed E-state index contributed by atoms with van der Waals surface area (Å²) in [6, 6.07) is 5.61. The summed E-state index contributed by atoms with van der Waals surface area (Å²) in [6.07, 6.45) is 0.980. The van der Waals surface area contributed by atoms with E-state index >= 15 is 0 Å². The number of aromatic nitrogens is 2. The lowest BCUT2D eigenvalue weighted by Gasteiger charge is -2.50. The number of carboxylic acid groups (broad SMARTS) is 1. The molecule has 12 heteroatoms. The fourth-order valence-electron chi connectivity index (χ4n) is 4.00. The van der Waals surface area contributed by atoms with Gasteiger partial charge in [0.15, 0.2) is 0 Å². The number of aliphatic carboxylic acids is 1. The molecule has 0 radical (unpaired) electrons. The SMILES string of the molecule is Cc1oncc1C(=O)N1CCC2OCCCC2(COc2ccccn2)C1.O=C(O)C(F)(F)F. The van der Waals surface area contributed by atoms with E-state index in [0.717, 1.165) is 25.9 Å². The summed E-state index contributed by atoms with van der Waals surface area (Å²) >= 11 is 0. The highest BCUT2D eigenvalue weighted by Crippen LogP contribution is 2.41. The minimum atomic E-state index is -5.08. The van der Waals surface area contributed by atoms with Gasteiger partial charge in [-0.15, -0.1) is 0 Å². The van der Waals surface area contributed by atoms with Gasteiger partial charge in [0.1, 0.15) is 11.3 Å². The van der Waals surface area contributed by atoms with E-state index in [-0.39, 0.29) is 17.4 Å². The summed E-state index contributed by atoms with van der Waals surface area (Å²) in [5, 5.41) is 10.9. The number of aryl methyl sites for hydroxylation is 1. The van der Waals surface area contributed by atoms with Gasteiger partial charge in [-0.1, -0.05) is 11.2 Å². The number of rotatable bonds is 4. The highest BCUT2D eigenvalue weighted by molar-refractivity contribution is 5.94. The number of carboxylic acids is 1. The Hall–Kier alpha value is -3.15. The molecule has 2 aromatic heterocycles. The molecule has 2 aromatic rings. The molecule has 0 saturated carbocycles. The standard InChI is InChI=1S/C19H23N3O4.C2HF3O2/c1-14-15(11-21-26-14)18(23)22-9-6-16-19(12-22,7-4-10-24-16)13-25-17-5-2-3-8-20-17;3-2(4,5)1(6)7/h2-3,5,8,11,16H,4,6-7,9-10,12-13H2,1H3;(H,6,7). The van der Waals surface area contributed by atoms with Crippen LogP contribution in [0.3, 0.4) is 0 Å². The average molecular weight is 471 g/mol. The van der Waals surface area contributed by atoms with Crippen molar-refractivity contribution in [2.75, 3.05) is 26.3 Å². The van der Waals surface area contributed by atoms with Crippen LogP contribution in [0.2, 0.25) is 0 Å². The smallest absolute Gasteiger partial charge is 0.477 e. The number of halogens is 3. The number of alkyl halides is 3. The Morgan fingerprint density at radius 2 is 2.12 bits per heavy atom. The van der Waals surface area contributed by atoms with E-state index in [9.17, 15) is 18.0 Å². The van der Waals surface area contributed by atoms with Crippen LogP contribution in [-0.4, -0.2) is 70.6 Å². The van der Waals surface area contributed by atoms with Gasteiger partial charge in [-0.2, -0.15) is 13.2 Å². The molecule has 2 unspecified atom stereocenters. The van der Waals surface area contributed by atoms with Crippen molar-refractivity contribution in [2.24, 2.45) is 5.41 Å². The van der Waals surface area contributed by atoms with E-state index in [2.05, 4.69) is 10.1 Å². The number of pyridine rings is 1. The molecule has 0 spiro atoms. The Labute approximate surface area is 187 Å². The highest BCUT2D eigenvalue weighted by atomic mass is 19.4. The van der Waals surface area contributed by atoms with E-state index in [1.165, 1.54) is 6.20 Å². The molecule has 4 rings (SSSR count). The minimum Gasteiger partial charge on any atom is -0.477 e. The van der Waals surface area contributed by atoms with Crippen molar-refractivity contribution >= 4 is 11.9 Å². The molecule has 2 aliphatic rings. The first kappa shape index (κ1) is 24.5. The maximum Gasteiger partial charge on any atom is 0.490 e. The van der Waals surface area contributed by atoms with Crippen LogP contribution < -0.4 is 4.74 Å². The van der Waals surface area contributed by atoms with Gasteiger partial charge < -0.3 is 24.0 Å². The van der Waals surface area contributed by atoms with Crippen LogP contribution in [-0.2, 0) is 9.53 Å². The predicted molar refractivity (Wildman–Crippen MR) is 107 cm³/mol. The topological polar surface area (TPSA) is 115 Å². The number of fused-ring (bicyclic) bond motifs is 1. The Morgan fingerprint density at radius 1 is 1.36 bits per heavy atom. The van der Waals surface area contributed by atoms with Crippen LogP contribution in [0.1, 0.15) is 35.4 Å². The zero-order valence-electron chi connectivity index (χ0n) is 17.9. The molecule has 2 saturated heterocycles. The van der Waals surface area contributed by atoms with Gasteiger partial charge in [0.25, 0.3) is 5.91 Å². The maximum absolute atomic E-state index is 12.9. The summed E-state index contributed by atoms with van der Waals surface area (Å²) < 4.78 is 48.8. The van der Waals surface area contributed by atoms with Crippen molar-refractivity contribution in [3.05, 3.63) is 41.9 Å². The lowest BCUT2D eigenvalue weighted by atomic mass is 9.73. The molecule has 0 aromatic carbocycles. The van der Waals surface area contributed by atoms with E-state index < -0.39 is 12.1 Å². The van der Waals surface area contributed by atoms with Crippen LogP contribution in [0.15, 0.2) is 35.1 Å². The van der Waals surface area contributed by atoms with Crippen molar-refractivity contribution in [3.8, 4) is 5.88 Å². The van der Waals surface area contributed by atoms with Crippen LogP contribution in [0.5, 0.6) is 5.88 Å². The molecule has 33 heavy (non-hydrogen) atoms. The van der Waals surface area contributed by atoms with Crippen LogP contribution in [0, 0.1) is 12.3 Å². The van der Waals surface area contributed by atoms with Crippen molar-refractivity contribution in [2.45, 2.75) is 38.5 Å². The number of ether oxygens (including phenoxy) is 2. The second-order valence-corrected chi connectivity index (χ2v) is 7.90. The molecule has 180 valence electrons. The number of nitrogens with zero attached hydrogens (tertiary/aromatic N) is 3. The van der Waals surface area contributed by atoms with Gasteiger partial charge in [-0.3, -0.25) is 4.79 Å². The van der Waals surface area contributed by atoms with Crippen molar-refractivity contribution < 1.29 is 41.9 Å². The van der Waals surface area contributed by atoms with Gasteiger partial charge in [-0.25, -0.2) is 9.78 Å². The van der Waals surface area contributed by atoms with E-state index in [0.29, 0.717) is 36.9 Å². The molecule has 2 atom stereocenters. The molecule has 4 heterocycles.